The van der Waals surface area contributed by atoms with Crippen molar-refractivity contribution in [2.75, 3.05) is 13.1 Å². The number of benzene rings is 3. The Kier molecular flexibility index (Phi) is 9.19. The number of piperidine rings is 1. The van der Waals surface area contributed by atoms with Crippen molar-refractivity contribution in [3.8, 4) is 0 Å². The van der Waals surface area contributed by atoms with Crippen LogP contribution >= 0.6 is 0 Å². The zero-order valence-electron chi connectivity index (χ0n) is 23.9. The number of rotatable bonds is 8. The molecule has 1 saturated heterocycles. The Bertz CT molecular complexity index is 1430. The molecule has 8 nitrogen and oxygen atoms in total. The minimum absolute atomic E-state index is 0.0164. The van der Waals surface area contributed by atoms with Crippen LogP contribution in [0, 0.1) is 5.92 Å². The first-order chi connectivity index (χ1) is 19.4. The second kappa shape index (κ2) is 12.4. The number of amides is 2. The van der Waals surface area contributed by atoms with Gasteiger partial charge >= 0.3 is 6.09 Å². The first kappa shape index (κ1) is 30.3. The minimum atomic E-state index is -4.35. The quantitative estimate of drug-likeness (QED) is 0.389. The molecule has 0 aliphatic carbocycles. The van der Waals surface area contributed by atoms with Gasteiger partial charge < -0.3 is 15.4 Å². The Labute approximate surface area is 242 Å². The van der Waals surface area contributed by atoms with Crippen molar-refractivity contribution in [3.05, 3.63) is 107 Å². The third-order valence-corrected chi connectivity index (χ3v) is 9.65. The number of ether oxygens (including phenoxy) is 1. The first-order valence-corrected chi connectivity index (χ1v) is 15.3. The molecule has 2 amide bonds. The van der Waals surface area contributed by atoms with Gasteiger partial charge in [0, 0.05) is 25.1 Å². The summed E-state index contributed by atoms with van der Waals surface area (Å²) in [5.41, 5.74) is 9.60. The normalized spacial score (nSPS) is 16.0. The third kappa shape index (κ3) is 7.34. The van der Waals surface area contributed by atoms with E-state index in [9.17, 15) is 18.0 Å². The van der Waals surface area contributed by atoms with E-state index >= 15 is 0 Å². The molecule has 0 aromatic heterocycles. The van der Waals surface area contributed by atoms with Crippen molar-refractivity contribution in [3.63, 3.8) is 0 Å². The average molecular weight is 578 g/mol. The van der Waals surface area contributed by atoms with Crippen LogP contribution in [-0.2, 0) is 33.2 Å². The fraction of sp³-hybridized carbons (Fsp3) is 0.375. The van der Waals surface area contributed by atoms with Crippen molar-refractivity contribution in [1.29, 1.82) is 0 Å². The maximum absolute atomic E-state index is 13.9. The number of likely N-dealkylation sites (tertiary alicyclic amines) is 1. The summed E-state index contributed by atoms with van der Waals surface area (Å²) in [5, 5.41) is 0. The molecule has 0 saturated carbocycles. The molecule has 0 spiro atoms. The lowest BCUT2D eigenvalue weighted by molar-refractivity contribution is 0.0776. The van der Waals surface area contributed by atoms with Crippen molar-refractivity contribution < 1.29 is 22.7 Å². The van der Waals surface area contributed by atoms with Gasteiger partial charge in [-0.05, 0) is 53.0 Å². The van der Waals surface area contributed by atoms with E-state index < -0.39 is 32.8 Å². The monoisotopic (exact) mass is 577 g/mol. The molecule has 1 unspecified atom stereocenters. The van der Waals surface area contributed by atoms with E-state index in [0.717, 1.165) is 16.7 Å². The standard InChI is InChI=1S/C32H39N3O5S/c1-31(2,3)27-16-14-26(15-17-27)29(36)34-41(38,39)32(33,22-24-10-6-4-7-11-24)28-18-20-35(21-19-28)30(37)40-23-25-12-8-5-9-13-25/h4-17,28H,18-23,33H2,1-3H3,(H,34,36). The zero-order chi connectivity index (χ0) is 29.7. The summed E-state index contributed by atoms with van der Waals surface area (Å²) < 4.78 is 35.5. The molecular formula is C32H39N3O5S. The SMILES string of the molecule is CC(C)(C)c1ccc(C(=O)NS(=O)(=O)C(N)(Cc2ccccc2)C2CCN(C(=O)OCc3ccccc3)CC2)cc1. The van der Waals surface area contributed by atoms with Crippen molar-refractivity contribution in [2.24, 2.45) is 11.7 Å². The lowest BCUT2D eigenvalue weighted by Crippen LogP contribution is -2.62. The molecule has 4 rings (SSSR count). The maximum atomic E-state index is 13.9. The van der Waals surface area contributed by atoms with Crippen LogP contribution in [0.15, 0.2) is 84.9 Å². The highest BCUT2D eigenvalue weighted by Crippen LogP contribution is 2.34. The van der Waals surface area contributed by atoms with E-state index in [2.05, 4.69) is 25.5 Å². The van der Waals surface area contributed by atoms with Gasteiger partial charge in [-0.3, -0.25) is 4.79 Å². The Morgan fingerprint density at radius 1 is 0.878 bits per heavy atom. The molecule has 0 radical (unpaired) electrons. The van der Waals surface area contributed by atoms with Gasteiger partial charge in [-0.15, -0.1) is 0 Å². The van der Waals surface area contributed by atoms with Crippen LogP contribution in [0.1, 0.15) is 60.7 Å². The Morgan fingerprint density at radius 2 is 1.41 bits per heavy atom. The van der Waals surface area contributed by atoms with Gasteiger partial charge in [-0.1, -0.05) is 93.6 Å². The molecule has 3 N–H and O–H groups in total. The number of carbonyl (C=O) groups is 2. The Morgan fingerprint density at radius 3 is 1.95 bits per heavy atom. The van der Waals surface area contributed by atoms with Crippen LogP contribution < -0.4 is 10.5 Å². The predicted molar refractivity (Wildman–Crippen MR) is 160 cm³/mol. The Balaban J connectivity index is 1.49. The van der Waals surface area contributed by atoms with Crippen LogP contribution in [0.25, 0.3) is 0 Å². The van der Waals surface area contributed by atoms with Gasteiger partial charge in [0.25, 0.3) is 15.9 Å². The third-order valence-electron chi connectivity index (χ3n) is 7.71. The molecule has 9 heteroatoms. The molecule has 0 bridgehead atoms. The van der Waals surface area contributed by atoms with E-state index in [4.69, 9.17) is 10.5 Å². The fourth-order valence-electron chi connectivity index (χ4n) is 5.13. The number of nitrogens with one attached hydrogen (secondary N) is 1. The molecule has 3 aromatic carbocycles. The molecule has 1 aliphatic heterocycles. The zero-order valence-corrected chi connectivity index (χ0v) is 24.7. The highest BCUT2D eigenvalue weighted by Gasteiger charge is 2.49. The van der Waals surface area contributed by atoms with Gasteiger partial charge in [-0.25, -0.2) is 17.9 Å². The highest BCUT2D eigenvalue weighted by molar-refractivity contribution is 7.91. The summed E-state index contributed by atoms with van der Waals surface area (Å²) in [6, 6.07) is 25.4. The molecule has 1 aliphatic rings. The maximum Gasteiger partial charge on any atom is 0.410 e. The molecule has 218 valence electrons. The molecular weight excluding hydrogens is 538 g/mol. The van der Waals surface area contributed by atoms with Crippen molar-refractivity contribution in [2.45, 2.75) is 56.9 Å². The molecule has 1 atom stereocenters. The summed E-state index contributed by atoms with van der Waals surface area (Å²) >= 11 is 0. The summed E-state index contributed by atoms with van der Waals surface area (Å²) in [6.07, 6.45) is 0.258. The van der Waals surface area contributed by atoms with E-state index in [1.165, 1.54) is 0 Å². The van der Waals surface area contributed by atoms with E-state index in [-0.39, 0.29) is 24.0 Å². The first-order valence-electron chi connectivity index (χ1n) is 13.8. The molecule has 3 aromatic rings. The van der Waals surface area contributed by atoms with Crippen LogP contribution in [0.4, 0.5) is 4.79 Å². The smallest absolute Gasteiger partial charge is 0.410 e. The number of hydrogen-bond donors (Lipinski definition) is 2. The van der Waals surface area contributed by atoms with E-state index in [1.807, 2.05) is 72.8 Å². The van der Waals surface area contributed by atoms with Crippen molar-refractivity contribution in [1.82, 2.24) is 9.62 Å². The lowest BCUT2D eigenvalue weighted by Gasteiger charge is -2.41. The number of nitrogens with two attached hydrogens (primary N) is 1. The van der Waals surface area contributed by atoms with Gasteiger partial charge in [0.2, 0.25) is 0 Å². The highest BCUT2D eigenvalue weighted by atomic mass is 32.2. The minimum Gasteiger partial charge on any atom is -0.445 e. The fourth-order valence-corrected chi connectivity index (χ4v) is 6.72. The molecule has 41 heavy (non-hydrogen) atoms. The summed E-state index contributed by atoms with van der Waals surface area (Å²) in [7, 11) is -4.35. The van der Waals surface area contributed by atoms with Gasteiger partial charge in [-0.2, -0.15) is 0 Å². The summed E-state index contributed by atoms with van der Waals surface area (Å²) in [4.78, 5) is 25.6. The van der Waals surface area contributed by atoms with Crippen LogP contribution in [0.5, 0.6) is 0 Å². The number of sulfonamides is 1. The average Bonchev–Trinajstić information content (AvgIpc) is 2.96. The van der Waals surface area contributed by atoms with Crippen molar-refractivity contribution >= 4 is 22.0 Å². The van der Waals surface area contributed by atoms with E-state index in [1.54, 1.807) is 17.0 Å². The number of hydrogen-bond acceptors (Lipinski definition) is 6. The number of nitrogens with zero attached hydrogens (tertiary/aromatic N) is 1. The van der Waals surface area contributed by atoms with Crippen LogP contribution in [0.3, 0.4) is 0 Å². The summed E-state index contributed by atoms with van der Waals surface area (Å²) in [5.74, 6) is -1.23. The second-order valence-corrected chi connectivity index (χ2v) is 13.7. The molecule has 1 heterocycles. The van der Waals surface area contributed by atoms with Crippen LogP contribution in [0.2, 0.25) is 0 Å². The van der Waals surface area contributed by atoms with Gasteiger partial charge in [0.15, 0.2) is 0 Å². The second-order valence-electron chi connectivity index (χ2n) is 11.7. The van der Waals surface area contributed by atoms with Gasteiger partial charge in [0.05, 0.1) is 0 Å². The number of carbonyl (C=O) groups excluding carboxylic acids is 2. The molecule has 1 fully saturated rings. The van der Waals surface area contributed by atoms with E-state index in [0.29, 0.717) is 25.9 Å². The topological polar surface area (TPSA) is 119 Å². The predicted octanol–water partition coefficient (Wildman–Crippen LogP) is 4.99. The van der Waals surface area contributed by atoms with Crippen LogP contribution in [-0.4, -0.2) is 43.3 Å². The summed E-state index contributed by atoms with van der Waals surface area (Å²) in [6.45, 7) is 6.94. The Hall–Kier alpha value is -3.69. The lowest BCUT2D eigenvalue weighted by atomic mass is 9.86. The van der Waals surface area contributed by atoms with Gasteiger partial charge in [0.1, 0.15) is 11.5 Å². The largest absolute Gasteiger partial charge is 0.445 e.